The van der Waals surface area contributed by atoms with Crippen LogP contribution in [0.15, 0.2) is 29.4 Å². The van der Waals surface area contributed by atoms with Gasteiger partial charge in [-0.25, -0.2) is 4.98 Å². The second-order valence-electron chi connectivity index (χ2n) is 8.17. The SMILES string of the molecule is CSc1nc2c(c(N3CCNC[C@@H]3C)n1)CCC1(CCCc3ccccc31)O2. The van der Waals surface area contributed by atoms with E-state index < -0.39 is 0 Å². The molecule has 5 rings (SSSR count). The molecule has 3 heterocycles. The smallest absolute Gasteiger partial charge is 0.223 e. The van der Waals surface area contributed by atoms with Crippen LogP contribution in [0.5, 0.6) is 5.88 Å². The number of rotatable bonds is 2. The molecule has 2 aliphatic heterocycles. The molecule has 5 nitrogen and oxygen atoms in total. The van der Waals surface area contributed by atoms with Gasteiger partial charge in [-0.15, -0.1) is 0 Å². The molecule has 6 heteroatoms. The molecule has 1 unspecified atom stereocenters. The van der Waals surface area contributed by atoms with E-state index in [0.29, 0.717) is 6.04 Å². The van der Waals surface area contributed by atoms with Crippen molar-refractivity contribution >= 4 is 17.6 Å². The fraction of sp³-hybridized carbons (Fsp3) is 0.545. The van der Waals surface area contributed by atoms with Gasteiger partial charge in [0.25, 0.3) is 0 Å². The van der Waals surface area contributed by atoms with E-state index in [1.165, 1.54) is 23.1 Å². The zero-order valence-electron chi connectivity index (χ0n) is 16.7. The molecule has 28 heavy (non-hydrogen) atoms. The van der Waals surface area contributed by atoms with Crippen LogP contribution in [0.25, 0.3) is 0 Å². The molecule has 0 bridgehead atoms. The minimum absolute atomic E-state index is 0.224. The Bertz CT molecular complexity index is 889. The van der Waals surface area contributed by atoms with Crippen molar-refractivity contribution in [3.05, 3.63) is 41.0 Å². The van der Waals surface area contributed by atoms with Gasteiger partial charge >= 0.3 is 0 Å². The van der Waals surface area contributed by atoms with Crippen LogP contribution in [-0.4, -0.2) is 41.9 Å². The molecule has 148 valence electrons. The molecule has 2 atom stereocenters. The van der Waals surface area contributed by atoms with Gasteiger partial charge in [-0.1, -0.05) is 36.0 Å². The van der Waals surface area contributed by atoms with Crippen molar-refractivity contribution in [3.8, 4) is 5.88 Å². The van der Waals surface area contributed by atoms with Crippen molar-refractivity contribution in [3.63, 3.8) is 0 Å². The van der Waals surface area contributed by atoms with Crippen LogP contribution in [0.2, 0.25) is 0 Å². The third kappa shape index (κ3) is 2.98. The number of thioether (sulfide) groups is 1. The molecule has 1 aromatic carbocycles. The highest BCUT2D eigenvalue weighted by Crippen LogP contribution is 2.48. The van der Waals surface area contributed by atoms with E-state index >= 15 is 0 Å². The summed E-state index contributed by atoms with van der Waals surface area (Å²) in [5, 5.41) is 4.29. The Morgan fingerprint density at radius 2 is 2.11 bits per heavy atom. The van der Waals surface area contributed by atoms with Crippen LogP contribution in [0.4, 0.5) is 5.82 Å². The van der Waals surface area contributed by atoms with Gasteiger partial charge in [0.05, 0.1) is 5.56 Å². The largest absolute Gasteiger partial charge is 0.466 e. The Morgan fingerprint density at radius 3 is 2.96 bits per heavy atom. The van der Waals surface area contributed by atoms with Crippen LogP contribution in [0, 0.1) is 0 Å². The minimum Gasteiger partial charge on any atom is -0.466 e. The van der Waals surface area contributed by atoms with Crippen molar-refractivity contribution in [2.45, 2.75) is 55.8 Å². The highest BCUT2D eigenvalue weighted by molar-refractivity contribution is 7.98. The number of nitrogens with one attached hydrogen (secondary N) is 1. The topological polar surface area (TPSA) is 50.3 Å². The number of aromatic nitrogens is 2. The summed E-state index contributed by atoms with van der Waals surface area (Å²) >= 11 is 1.60. The maximum Gasteiger partial charge on any atom is 0.223 e. The fourth-order valence-corrected chi connectivity index (χ4v) is 5.38. The van der Waals surface area contributed by atoms with Gasteiger partial charge in [0.2, 0.25) is 5.88 Å². The number of piperazine rings is 1. The predicted octanol–water partition coefficient (Wildman–Crippen LogP) is 3.55. The van der Waals surface area contributed by atoms with Gasteiger partial charge in [-0.3, -0.25) is 0 Å². The Morgan fingerprint density at radius 1 is 1.21 bits per heavy atom. The standard InChI is InChI=1S/C22H28N4OS/c1-15-14-23-12-13-26(15)19-17-9-11-22(27-20(17)25-21(24-19)28-2)10-5-7-16-6-3-4-8-18(16)22/h3-4,6,8,15,23H,5,7,9-14H2,1-2H3/t15-,22?/m0/s1. The lowest BCUT2D eigenvalue weighted by Crippen LogP contribution is -2.51. The van der Waals surface area contributed by atoms with Crippen molar-refractivity contribution in [1.82, 2.24) is 15.3 Å². The zero-order valence-corrected chi connectivity index (χ0v) is 17.5. The van der Waals surface area contributed by atoms with Gasteiger partial charge in [0.1, 0.15) is 11.4 Å². The summed E-state index contributed by atoms with van der Waals surface area (Å²) < 4.78 is 6.79. The molecule has 1 fully saturated rings. The third-order valence-corrected chi connectivity index (χ3v) is 7.04. The van der Waals surface area contributed by atoms with Crippen molar-refractivity contribution in [1.29, 1.82) is 0 Å². The Hall–Kier alpha value is -1.79. The Kier molecular flexibility index (Phi) is 4.71. The first kappa shape index (κ1) is 18.3. The van der Waals surface area contributed by atoms with E-state index in [1.807, 2.05) is 6.26 Å². The molecule has 0 amide bonds. The van der Waals surface area contributed by atoms with E-state index in [2.05, 4.69) is 41.4 Å². The number of hydrogen-bond acceptors (Lipinski definition) is 6. The molecule has 1 saturated heterocycles. The van der Waals surface area contributed by atoms with Gasteiger partial charge in [-0.05, 0) is 56.4 Å². The van der Waals surface area contributed by atoms with Crippen LogP contribution >= 0.6 is 11.8 Å². The van der Waals surface area contributed by atoms with Crippen LogP contribution in [-0.2, 0) is 18.4 Å². The highest BCUT2D eigenvalue weighted by Gasteiger charge is 2.43. The first-order valence-electron chi connectivity index (χ1n) is 10.4. The van der Waals surface area contributed by atoms with Gasteiger partial charge < -0.3 is 15.0 Å². The lowest BCUT2D eigenvalue weighted by Gasteiger charge is -2.43. The van der Waals surface area contributed by atoms with E-state index in [9.17, 15) is 0 Å². The third-order valence-electron chi connectivity index (χ3n) is 6.49. The number of benzene rings is 1. The quantitative estimate of drug-likeness (QED) is 0.619. The molecular formula is C22H28N4OS. The lowest BCUT2D eigenvalue weighted by molar-refractivity contribution is 0.0192. The molecule has 3 aliphatic rings. The number of nitrogens with zero attached hydrogens (tertiary/aromatic N) is 3. The summed E-state index contributed by atoms with van der Waals surface area (Å²) in [6.45, 7) is 5.23. The van der Waals surface area contributed by atoms with E-state index in [-0.39, 0.29) is 5.60 Å². The summed E-state index contributed by atoms with van der Waals surface area (Å²) in [6, 6.07) is 9.23. The van der Waals surface area contributed by atoms with Crippen LogP contribution < -0.4 is 15.0 Å². The second kappa shape index (κ2) is 7.23. The lowest BCUT2D eigenvalue weighted by atomic mass is 9.75. The normalized spacial score (nSPS) is 26.5. The average Bonchev–Trinajstić information content (AvgIpc) is 2.73. The summed E-state index contributed by atoms with van der Waals surface area (Å²) in [6.07, 6.45) is 7.42. The molecule has 1 spiro atoms. The number of ether oxygens (including phenoxy) is 1. The number of anilines is 1. The maximum atomic E-state index is 6.79. The van der Waals surface area contributed by atoms with Gasteiger partial charge in [-0.2, -0.15) is 4.98 Å². The Labute approximate surface area is 171 Å². The molecule has 2 aromatic rings. The monoisotopic (exact) mass is 396 g/mol. The molecule has 0 radical (unpaired) electrons. The molecule has 1 N–H and O–H groups in total. The van der Waals surface area contributed by atoms with Crippen molar-refractivity contribution in [2.24, 2.45) is 0 Å². The minimum atomic E-state index is -0.224. The molecule has 1 aromatic heterocycles. The average molecular weight is 397 g/mol. The second-order valence-corrected chi connectivity index (χ2v) is 8.94. The zero-order chi connectivity index (χ0) is 19.1. The maximum absolute atomic E-state index is 6.79. The number of aryl methyl sites for hydroxylation is 1. The molecule has 1 aliphatic carbocycles. The summed E-state index contributed by atoms with van der Waals surface area (Å²) in [7, 11) is 0. The molecular weight excluding hydrogens is 368 g/mol. The van der Waals surface area contributed by atoms with Crippen molar-refractivity contribution < 1.29 is 4.74 Å². The summed E-state index contributed by atoms with van der Waals surface area (Å²) in [5.41, 5.74) is 3.78. The fourth-order valence-electron chi connectivity index (χ4n) is 5.03. The van der Waals surface area contributed by atoms with Crippen molar-refractivity contribution in [2.75, 3.05) is 30.8 Å². The highest BCUT2D eigenvalue weighted by atomic mass is 32.2. The molecule has 0 saturated carbocycles. The number of hydrogen-bond donors (Lipinski definition) is 1. The number of fused-ring (bicyclic) bond motifs is 3. The Balaban J connectivity index is 1.57. The first-order chi connectivity index (χ1) is 13.7. The predicted molar refractivity (Wildman–Crippen MR) is 113 cm³/mol. The summed E-state index contributed by atoms with van der Waals surface area (Å²) in [4.78, 5) is 12.2. The first-order valence-corrected chi connectivity index (χ1v) is 11.6. The van der Waals surface area contributed by atoms with Gasteiger partial charge in [0.15, 0.2) is 5.16 Å². The van der Waals surface area contributed by atoms with Crippen LogP contribution in [0.1, 0.15) is 42.9 Å². The summed E-state index contributed by atoms with van der Waals surface area (Å²) in [5.74, 6) is 1.89. The van der Waals surface area contributed by atoms with Crippen LogP contribution in [0.3, 0.4) is 0 Å². The van der Waals surface area contributed by atoms with E-state index in [1.54, 1.807) is 11.8 Å². The van der Waals surface area contributed by atoms with Gasteiger partial charge in [0, 0.05) is 25.7 Å². The van der Waals surface area contributed by atoms with E-state index in [4.69, 9.17) is 14.7 Å². The van der Waals surface area contributed by atoms with E-state index in [0.717, 1.165) is 62.2 Å².